The molecule has 1 saturated heterocycles. The van der Waals surface area contributed by atoms with Crippen LogP contribution in [0.3, 0.4) is 0 Å². The quantitative estimate of drug-likeness (QED) is 0.880. The second kappa shape index (κ2) is 4.95. The van der Waals surface area contributed by atoms with E-state index in [1.807, 2.05) is 11.3 Å². The van der Waals surface area contributed by atoms with E-state index < -0.39 is 0 Å². The van der Waals surface area contributed by atoms with Crippen LogP contribution in [0.1, 0.15) is 38.0 Å². The molecule has 1 aliphatic carbocycles. The molecule has 1 aromatic rings. The first-order valence-electron chi connectivity index (χ1n) is 7.16. The van der Waals surface area contributed by atoms with E-state index in [4.69, 9.17) is 0 Å². The van der Waals surface area contributed by atoms with Crippen LogP contribution in [0, 0.1) is 0 Å². The molecule has 0 bridgehead atoms. The first kappa shape index (κ1) is 12.6. The summed E-state index contributed by atoms with van der Waals surface area (Å²) in [5.74, 6) is 0. The lowest BCUT2D eigenvalue weighted by Gasteiger charge is -2.29. The molecular formula is C15H24N2S. The van der Waals surface area contributed by atoms with Gasteiger partial charge in [-0.05, 0) is 37.3 Å². The molecule has 1 unspecified atom stereocenters. The molecule has 2 nitrogen and oxygen atoms in total. The van der Waals surface area contributed by atoms with Gasteiger partial charge < -0.3 is 10.2 Å². The molecule has 18 heavy (non-hydrogen) atoms. The predicted octanol–water partition coefficient (Wildman–Crippen LogP) is 2.85. The SMILES string of the molecule is CC(C)(CN1CCC(NC2CC2)C1)c1cccs1. The van der Waals surface area contributed by atoms with E-state index in [9.17, 15) is 0 Å². The van der Waals surface area contributed by atoms with E-state index in [1.54, 1.807) is 0 Å². The van der Waals surface area contributed by atoms with Crippen molar-refractivity contribution in [1.82, 2.24) is 10.2 Å². The number of nitrogens with one attached hydrogen (secondary N) is 1. The molecule has 100 valence electrons. The van der Waals surface area contributed by atoms with Crippen LogP contribution in [0.2, 0.25) is 0 Å². The Morgan fingerprint density at radius 1 is 1.33 bits per heavy atom. The number of rotatable bonds is 5. The molecule has 3 heteroatoms. The molecule has 0 aromatic carbocycles. The van der Waals surface area contributed by atoms with E-state index in [-0.39, 0.29) is 0 Å². The summed E-state index contributed by atoms with van der Waals surface area (Å²) in [6.45, 7) is 8.45. The lowest BCUT2D eigenvalue weighted by atomic mass is 9.91. The number of likely N-dealkylation sites (tertiary alicyclic amines) is 1. The zero-order chi connectivity index (χ0) is 12.6. The van der Waals surface area contributed by atoms with Crippen molar-refractivity contribution in [2.45, 2.75) is 50.6 Å². The van der Waals surface area contributed by atoms with Gasteiger partial charge in [-0.15, -0.1) is 11.3 Å². The highest BCUT2D eigenvalue weighted by Gasteiger charge is 2.32. The van der Waals surface area contributed by atoms with Gasteiger partial charge in [-0.1, -0.05) is 19.9 Å². The van der Waals surface area contributed by atoms with Gasteiger partial charge in [-0.3, -0.25) is 0 Å². The molecule has 1 N–H and O–H groups in total. The minimum absolute atomic E-state index is 0.294. The molecule has 0 amide bonds. The fourth-order valence-electron chi connectivity index (χ4n) is 3.00. The standard InChI is InChI=1S/C15H24N2S/c1-15(2,14-4-3-9-18-14)11-17-8-7-13(10-17)16-12-5-6-12/h3-4,9,12-13,16H,5-8,10-11H2,1-2H3. The van der Waals surface area contributed by atoms with Gasteiger partial charge in [0.2, 0.25) is 0 Å². The second-order valence-corrected chi connectivity index (χ2v) is 7.47. The van der Waals surface area contributed by atoms with E-state index in [0.717, 1.165) is 12.1 Å². The Bertz CT molecular complexity index is 381. The van der Waals surface area contributed by atoms with Crippen molar-refractivity contribution in [3.8, 4) is 0 Å². The molecule has 2 fully saturated rings. The zero-order valence-electron chi connectivity index (χ0n) is 11.5. The number of hydrogen-bond donors (Lipinski definition) is 1. The largest absolute Gasteiger partial charge is 0.310 e. The maximum atomic E-state index is 3.76. The van der Waals surface area contributed by atoms with E-state index in [2.05, 4.69) is 41.6 Å². The van der Waals surface area contributed by atoms with E-state index in [1.165, 1.54) is 43.8 Å². The molecule has 1 saturated carbocycles. The normalized spacial score (nSPS) is 25.8. The average molecular weight is 264 g/mol. The van der Waals surface area contributed by atoms with Crippen molar-refractivity contribution in [1.29, 1.82) is 0 Å². The first-order valence-corrected chi connectivity index (χ1v) is 8.04. The molecule has 2 aliphatic rings. The summed E-state index contributed by atoms with van der Waals surface area (Å²) in [5.41, 5.74) is 0.294. The van der Waals surface area contributed by atoms with Crippen molar-refractivity contribution in [3.63, 3.8) is 0 Å². The molecule has 1 atom stereocenters. The highest BCUT2D eigenvalue weighted by atomic mass is 32.1. The highest BCUT2D eigenvalue weighted by Crippen LogP contribution is 2.30. The zero-order valence-corrected chi connectivity index (χ0v) is 12.3. The number of thiophene rings is 1. The molecule has 3 rings (SSSR count). The third-order valence-electron chi connectivity index (χ3n) is 4.13. The van der Waals surface area contributed by atoms with Gasteiger partial charge in [0.25, 0.3) is 0 Å². The number of hydrogen-bond acceptors (Lipinski definition) is 3. The Morgan fingerprint density at radius 3 is 2.83 bits per heavy atom. The smallest absolute Gasteiger partial charge is 0.0209 e. The summed E-state index contributed by atoms with van der Waals surface area (Å²) in [5, 5.41) is 5.96. The van der Waals surface area contributed by atoms with Crippen molar-refractivity contribution < 1.29 is 0 Å². The number of nitrogens with zero attached hydrogens (tertiary/aromatic N) is 1. The summed E-state index contributed by atoms with van der Waals surface area (Å²) < 4.78 is 0. The lowest BCUT2D eigenvalue weighted by molar-refractivity contribution is 0.265. The third-order valence-corrected chi connectivity index (χ3v) is 5.36. The fourth-order valence-corrected chi connectivity index (χ4v) is 3.84. The second-order valence-electron chi connectivity index (χ2n) is 6.52. The summed E-state index contributed by atoms with van der Waals surface area (Å²) in [6, 6.07) is 6.04. The maximum Gasteiger partial charge on any atom is 0.0209 e. The van der Waals surface area contributed by atoms with Crippen molar-refractivity contribution in [2.24, 2.45) is 0 Å². The molecule has 2 heterocycles. The van der Waals surface area contributed by atoms with Gasteiger partial charge in [-0.2, -0.15) is 0 Å². The summed E-state index contributed by atoms with van der Waals surface area (Å²) >= 11 is 1.89. The van der Waals surface area contributed by atoms with Crippen molar-refractivity contribution >= 4 is 11.3 Å². The van der Waals surface area contributed by atoms with Gasteiger partial charge in [0.05, 0.1) is 0 Å². The van der Waals surface area contributed by atoms with Crippen LogP contribution in [-0.2, 0) is 5.41 Å². The lowest BCUT2D eigenvalue weighted by Crippen LogP contribution is -2.38. The Labute approximate surface area is 114 Å². The third kappa shape index (κ3) is 2.95. The minimum Gasteiger partial charge on any atom is -0.310 e. The molecule has 0 spiro atoms. The van der Waals surface area contributed by atoms with Gasteiger partial charge in [0.1, 0.15) is 0 Å². The van der Waals surface area contributed by atoms with Crippen LogP contribution in [0.4, 0.5) is 0 Å². The van der Waals surface area contributed by atoms with Crippen molar-refractivity contribution in [2.75, 3.05) is 19.6 Å². The van der Waals surface area contributed by atoms with Crippen LogP contribution >= 0.6 is 11.3 Å². The Kier molecular flexibility index (Phi) is 3.48. The fraction of sp³-hybridized carbons (Fsp3) is 0.733. The van der Waals surface area contributed by atoms with Gasteiger partial charge in [0.15, 0.2) is 0 Å². The molecule has 1 aromatic heterocycles. The first-order chi connectivity index (χ1) is 8.63. The van der Waals surface area contributed by atoms with Gasteiger partial charge >= 0.3 is 0 Å². The van der Waals surface area contributed by atoms with Crippen LogP contribution in [0.5, 0.6) is 0 Å². The van der Waals surface area contributed by atoms with Crippen LogP contribution < -0.4 is 5.32 Å². The predicted molar refractivity (Wildman–Crippen MR) is 78.3 cm³/mol. The topological polar surface area (TPSA) is 15.3 Å². The van der Waals surface area contributed by atoms with Gasteiger partial charge in [-0.25, -0.2) is 0 Å². The minimum atomic E-state index is 0.294. The Hall–Kier alpha value is -0.380. The Balaban J connectivity index is 1.53. The van der Waals surface area contributed by atoms with E-state index in [0.29, 0.717) is 5.41 Å². The Morgan fingerprint density at radius 2 is 2.17 bits per heavy atom. The molecular weight excluding hydrogens is 240 g/mol. The van der Waals surface area contributed by atoms with E-state index >= 15 is 0 Å². The highest BCUT2D eigenvalue weighted by molar-refractivity contribution is 7.10. The average Bonchev–Trinajstić information content (AvgIpc) is 2.82. The monoisotopic (exact) mass is 264 g/mol. The summed E-state index contributed by atoms with van der Waals surface area (Å²) in [7, 11) is 0. The van der Waals surface area contributed by atoms with Crippen LogP contribution in [-0.4, -0.2) is 36.6 Å². The van der Waals surface area contributed by atoms with Crippen LogP contribution in [0.25, 0.3) is 0 Å². The molecule has 1 aliphatic heterocycles. The maximum absolute atomic E-state index is 3.76. The summed E-state index contributed by atoms with van der Waals surface area (Å²) in [4.78, 5) is 4.15. The van der Waals surface area contributed by atoms with Crippen LogP contribution in [0.15, 0.2) is 17.5 Å². The van der Waals surface area contributed by atoms with Gasteiger partial charge in [0, 0.05) is 35.5 Å². The summed E-state index contributed by atoms with van der Waals surface area (Å²) in [6.07, 6.45) is 4.13. The molecule has 0 radical (unpaired) electrons. The van der Waals surface area contributed by atoms with Crippen molar-refractivity contribution in [3.05, 3.63) is 22.4 Å².